The lowest BCUT2D eigenvalue weighted by atomic mass is 10.2. The Bertz CT molecular complexity index is 505. The van der Waals surface area contributed by atoms with Crippen LogP contribution < -0.4 is 4.90 Å². The van der Waals surface area contributed by atoms with E-state index < -0.39 is 29.1 Å². The molecule has 3 nitrogen and oxygen atoms in total. The van der Waals surface area contributed by atoms with Gasteiger partial charge in [-0.1, -0.05) is 6.07 Å². The molecule has 16 heavy (non-hydrogen) atoms. The average molecular weight is 223 g/mol. The molecule has 0 saturated heterocycles. The Morgan fingerprint density at radius 3 is 2.19 bits per heavy atom. The molecular weight excluding hydrogens is 216 g/mol. The van der Waals surface area contributed by atoms with Crippen molar-refractivity contribution < 1.29 is 18.4 Å². The van der Waals surface area contributed by atoms with Gasteiger partial charge in [0.25, 0.3) is 11.8 Å². The van der Waals surface area contributed by atoms with Crippen molar-refractivity contribution in [2.24, 2.45) is 0 Å². The van der Waals surface area contributed by atoms with E-state index >= 15 is 0 Å². The van der Waals surface area contributed by atoms with Crippen LogP contribution in [0.1, 0.15) is 5.56 Å². The standard InChI is InChI=1S/C11H7F2NO2/c1-6-2-3-7(12)11(10(6)13)14-8(15)4-5-9(14)16/h2-5H,1H3. The van der Waals surface area contributed by atoms with Crippen LogP contribution in [-0.4, -0.2) is 11.8 Å². The Balaban J connectivity index is 2.61. The lowest BCUT2D eigenvalue weighted by Crippen LogP contribution is -2.31. The molecule has 82 valence electrons. The van der Waals surface area contributed by atoms with Gasteiger partial charge in [-0.05, 0) is 18.6 Å². The van der Waals surface area contributed by atoms with Crippen LogP contribution in [0, 0.1) is 18.6 Å². The topological polar surface area (TPSA) is 37.4 Å². The number of aryl methyl sites for hydroxylation is 1. The minimum absolute atomic E-state index is 0.170. The zero-order valence-electron chi connectivity index (χ0n) is 8.33. The number of hydrogen-bond donors (Lipinski definition) is 0. The molecule has 2 rings (SSSR count). The number of nitrogens with zero attached hydrogens (tertiary/aromatic N) is 1. The third-order valence-electron chi connectivity index (χ3n) is 2.29. The maximum absolute atomic E-state index is 13.6. The van der Waals surface area contributed by atoms with Crippen molar-refractivity contribution in [1.82, 2.24) is 0 Å². The van der Waals surface area contributed by atoms with Crippen LogP contribution in [0.25, 0.3) is 0 Å². The van der Waals surface area contributed by atoms with Crippen LogP contribution in [-0.2, 0) is 9.59 Å². The van der Waals surface area contributed by atoms with Gasteiger partial charge < -0.3 is 0 Å². The predicted octanol–water partition coefficient (Wildman–Crippen LogP) is 1.70. The Kier molecular flexibility index (Phi) is 2.30. The van der Waals surface area contributed by atoms with Gasteiger partial charge in [0.2, 0.25) is 0 Å². The summed E-state index contributed by atoms with van der Waals surface area (Å²) < 4.78 is 27.1. The molecule has 0 atom stereocenters. The fourth-order valence-electron chi connectivity index (χ4n) is 1.47. The largest absolute Gasteiger partial charge is 0.269 e. The number of amides is 2. The van der Waals surface area contributed by atoms with Gasteiger partial charge in [0, 0.05) is 12.2 Å². The third-order valence-corrected chi connectivity index (χ3v) is 2.29. The molecule has 0 bridgehead atoms. The first kappa shape index (κ1) is 10.5. The number of carbonyl (C=O) groups is 2. The Labute approximate surface area is 90.0 Å². The summed E-state index contributed by atoms with van der Waals surface area (Å²) in [5.41, 5.74) is -0.441. The van der Waals surface area contributed by atoms with Crippen molar-refractivity contribution in [3.63, 3.8) is 0 Å². The first-order chi connectivity index (χ1) is 7.52. The zero-order valence-corrected chi connectivity index (χ0v) is 8.33. The smallest absolute Gasteiger partial charge is 0.258 e. The van der Waals surface area contributed by atoms with Gasteiger partial charge in [-0.25, -0.2) is 13.7 Å². The molecule has 2 amide bonds. The summed E-state index contributed by atoms with van der Waals surface area (Å²) in [5.74, 6) is -3.32. The van der Waals surface area contributed by atoms with Crippen LogP contribution in [0.4, 0.5) is 14.5 Å². The van der Waals surface area contributed by atoms with Crippen molar-refractivity contribution in [1.29, 1.82) is 0 Å². The van der Waals surface area contributed by atoms with Crippen LogP contribution in [0.2, 0.25) is 0 Å². The number of hydrogen-bond acceptors (Lipinski definition) is 2. The van der Waals surface area contributed by atoms with E-state index in [9.17, 15) is 18.4 Å². The van der Waals surface area contributed by atoms with E-state index in [2.05, 4.69) is 0 Å². The first-order valence-electron chi connectivity index (χ1n) is 4.53. The summed E-state index contributed by atoms with van der Waals surface area (Å²) >= 11 is 0. The van der Waals surface area contributed by atoms with Gasteiger partial charge in [0.05, 0.1) is 0 Å². The predicted molar refractivity (Wildman–Crippen MR) is 52.7 cm³/mol. The summed E-state index contributed by atoms with van der Waals surface area (Å²) in [4.78, 5) is 23.1. The van der Waals surface area contributed by atoms with Gasteiger partial charge in [-0.15, -0.1) is 0 Å². The molecule has 0 unspecified atom stereocenters. The normalized spacial score (nSPS) is 15.1. The molecule has 1 aromatic rings. The number of anilines is 1. The van der Waals surface area contributed by atoms with Crippen molar-refractivity contribution in [3.05, 3.63) is 41.5 Å². The van der Waals surface area contributed by atoms with Gasteiger partial charge in [-0.3, -0.25) is 9.59 Å². The molecule has 0 fully saturated rings. The molecule has 0 radical (unpaired) electrons. The minimum atomic E-state index is -0.937. The van der Waals surface area contributed by atoms with Crippen LogP contribution in [0.5, 0.6) is 0 Å². The van der Waals surface area contributed by atoms with Crippen molar-refractivity contribution in [2.45, 2.75) is 6.92 Å². The molecule has 0 aromatic heterocycles. The molecule has 1 aromatic carbocycles. The molecule has 1 heterocycles. The highest BCUT2D eigenvalue weighted by molar-refractivity contribution is 6.28. The molecule has 5 heteroatoms. The maximum Gasteiger partial charge on any atom is 0.258 e. The van der Waals surface area contributed by atoms with E-state index in [1.54, 1.807) is 0 Å². The van der Waals surface area contributed by atoms with Crippen LogP contribution in [0.15, 0.2) is 24.3 Å². The summed E-state index contributed by atoms with van der Waals surface area (Å²) in [6, 6.07) is 2.26. The van der Waals surface area contributed by atoms with Crippen molar-refractivity contribution in [2.75, 3.05) is 4.90 Å². The van der Waals surface area contributed by atoms with E-state index in [1.165, 1.54) is 13.0 Å². The van der Waals surface area contributed by atoms with E-state index in [4.69, 9.17) is 0 Å². The Hall–Kier alpha value is -2.04. The van der Waals surface area contributed by atoms with E-state index in [0.29, 0.717) is 4.90 Å². The highest BCUT2D eigenvalue weighted by Crippen LogP contribution is 2.28. The molecule has 0 aliphatic carbocycles. The molecule has 0 spiro atoms. The molecule has 1 aliphatic rings. The SMILES string of the molecule is Cc1ccc(F)c(N2C(=O)C=CC2=O)c1F. The van der Waals surface area contributed by atoms with Crippen molar-refractivity contribution >= 4 is 17.5 Å². The lowest BCUT2D eigenvalue weighted by molar-refractivity contribution is -0.120. The molecular formula is C11H7F2NO2. The van der Waals surface area contributed by atoms with E-state index in [1.807, 2.05) is 0 Å². The van der Waals surface area contributed by atoms with Crippen LogP contribution >= 0.6 is 0 Å². The summed E-state index contributed by atoms with van der Waals surface area (Å²) in [6.07, 6.45) is 1.95. The monoisotopic (exact) mass is 223 g/mol. The summed E-state index contributed by atoms with van der Waals surface area (Å²) in [5, 5.41) is 0. The highest BCUT2D eigenvalue weighted by atomic mass is 19.1. The molecule has 0 N–H and O–H groups in total. The van der Waals surface area contributed by atoms with E-state index in [-0.39, 0.29) is 5.56 Å². The number of rotatable bonds is 1. The van der Waals surface area contributed by atoms with Gasteiger partial charge >= 0.3 is 0 Å². The maximum atomic E-state index is 13.6. The molecule has 0 saturated carbocycles. The molecule has 1 aliphatic heterocycles. The second-order valence-corrected chi connectivity index (χ2v) is 3.37. The Morgan fingerprint density at radius 2 is 1.62 bits per heavy atom. The zero-order chi connectivity index (χ0) is 11.9. The summed E-state index contributed by atoms with van der Waals surface area (Å²) in [6.45, 7) is 1.43. The second kappa shape index (κ2) is 3.52. The third kappa shape index (κ3) is 1.41. The van der Waals surface area contributed by atoms with Gasteiger partial charge in [-0.2, -0.15) is 0 Å². The quantitative estimate of drug-likeness (QED) is 0.679. The number of imide groups is 1. The Morgan fingerprint density at radius 1 is 1.06 bits per heavy atom. The highest BCUT2D eigenvalue weighted by Gasteiger charge is 2.30. The number of benzene rings is 1. The minimum Gasteiger partial charge on any atom is -0.269 e. The van der Waals surface area contributed by atoms with Crippen molar-refractivity contribution in [3.8, 4) is 0 Å². The first-order valence-corrected chi connectivity index (χ1v) is 4.53. The average Bonchev–Trinajstić information content (AvgIpc) is 2.56. The fraction of sp³-hybridized carbons (Fsp3) is 0.0909. The number of carbonyl (C=O) groups excluding carboxylic acids is 2. The van der Waals surface area contributed by atoms with Gasteiger partial charge in [0.15, 0.2) is 5.82 Å². The van der Waals surface area contributed by atoms with Crippen LogP contribution in [0.3, 0.4) is 0 Å². The second-order valence-electron chi connectivity index (χ2n) is 3.37. The lowest BCUT2D eigenvalue weighted by Gasteiger charge is -2.16. The summed E-state index contributed by atoms with van der Waals surface area (Å²) in [7, 11) is 0. The van der Waals surface area contributed by atoms with E-state index in [0.717, 1.165) is 18.2 Å². The fourth-order valence-corrected chi connectivity index (χ4v) is 1.47. The van der Waals surface area contributed by atoms with Gasteiger partial charge in [0.1, 0.15) is 11.5 Å². The number of halogens is 2.